The van der Waals surface area contributed by atoms with Gasteiger partial charge in [0.25, 0.3) is 0 Å². The Kier molecular flexibility index (Phi) is 5.33. The minimum atomic E-state index is -0.358. The first-order valence-corrected chi connectivity index (χ1v) is 12.7. The predicted octanol–water partition coefficient (Wildman–Crippen LogP) is 9.82. The fourth-order valence-electron chi connectivity index (χ4n) is 5.46. The van der Waals surface area contributed by atoms with Crippen LogP contribution in [-0.4, -0.2) is 4.98 Å². The molecule has 0 saturated carbocycles. The molecule has 3 heteroatoms. The smallest absolute Gasteiger partial charge is 0.141 e. The van der Waals surface area contributed by atoms with Crippen LogP contribution in [0.25, 0.3) is 43.4 Å². The Morgan fingerprint density at radius 1 is 0.526 bits per heavy atom. The molecule has 38 heavy (non-hydrogen) atoms. The summed E-state index contributed by atoms with van der Waals surface area (Å²) in [6.07, 6.45) is 1.28. The molecule has 0 aliphatic carbocycles. The van der Waals surface area contributed by atoms with Crippen molar-refractivity contribution in [1.82, 2.24) is 4.98 Å². The van der Waals surface area contributed by atoms with Crippen LogP contribution in [0.1, 0.15) is 0 Å². The van der Waals surface area contributed by atoms with Gasteiger partial charge in [0.05, 0.1) is 11.9 Å². The number of anilines is 3. The number of nitrogens with zero attached hydrogens (tertiary/aromatic N) is 2. The van der Waals surface area contributed by atoms with Crippen LogP contribution in [0.2, 0.25) is 0 Å². The Labute approximate surface area is 220 Å². The van der Waals surface area contributed by atoms with Crippen molar-refractivity contribution in [3.63, 3.8) is 0 Å². The number of para-hydroxylation sites is 1. The second-order valence-electron chi connectivity index (χ2n) is 9.38. The molecule has 0 radical (unpaired) electrons. The van der Waals surface area contributed by atoms with Gasteiger partial charge in [-0.05, 0) is 63.0 Å². The molecule has 0 saturated heterocycles. The molecule has 0 unspecified atom stereocenters. The van der Waals surface area contributed by atoms with Crippen molar-refractivity contribution in [2.45, 2.75) is 0 Å². The molecule has 7 rings (SSSR count). The second kappa shape index (κ2) is 9.13. The average Bonchev–Trinajstić information content (AvgIpc) is 2.98. The minimum Gasteiger partial charge on any atom is -0.294 e. The number of aromatic nitrogens is 1. The van der Waals surface area contributed by atoms with Crippen LogP contribution in [0, 0.1) is 5.82 Å². The molecule has 0 fully saturated rings. The molecule has 0 aliphatic rings. The van der Waals surface area contributed by atoms with E-state index in [2.05, 4.69) is 113 Å². The zero-order valence-corrected chi connectivity index (χ0v) is 20.6. The molecule has 6 aromatic carbocycles. The molecular formula is C35H23FN2. The molecule has 0 aliphatic heterocycles. The van der Waals surface area contributed by atoms with Crippen molar-refractivity contribution in [1.29, 1.82) is 0 Å². The van der Waals surface area contributed by atoms with Crippen molar-refractivity contribution in [2.75, 3.05) is 4.90 Å². The first-order valence-electron chi connectivity index (χ1n) is 12.7. The molecule has 1 heterocycles. The van der Waals surface area contributed by atoms with E-state index in [4.69, 9.17) is 0 Å². The molecule has 0 bridgehead atoms. The highest BCUT2D eigenvalue weighted by Gasteiger charge is 2.22. The lowest BCUT2D eigenvalue weighted by Crippen LogP contribution is -2.13. The lowest BCUT2D eigenvalue weighted by atomic mass is 9.89. The maximum atomic E-state index is 13.9. The van der Waals surface area contributed by atoms with Crippen molar-refractivity contribution < 1.29 is 4.39 Å². The average molecular weight is 491 g/mol. The van der Waals surface area contributed by atoms with E-state index >= 15 is 0 Å². The molecule has 0 amide bonds. The van der Waals surface area contributed by atoms with Crippen LogP contribution in [0.5, 0.6) is 0 Å². The van der Waals surface area contributed by atoms with Crippen LogP contribution in [0.3, 0.4) is 0 Å². The lowest BCUT2D eigenvalue weighted by Gasteiger charge is -2.28. The van der Waals surface area contributed by atoms with Gasteiger partial charge in [-0.1, -0.05) is 103 Å². The zero-order chi connectivity index (χ0) is 25.5. The van der Waals surface area contributed by atoms with Gasteiger partial charge in [-0.15, -0.1) is 0 Å². The summed E-state index contributed by atoms with van der Waals surface area (Å²) in [5.74, 6) is 0.300. The van der Waals surface area contributed by atoms with Crippen LogP contribution < -0.4 is 4.90 Å². The third-order valence-electron chi connectivity index (χ3n) is 7.12. The van der Waals surface area contributed by atoms with Gasteiger partial charge in [-0.2, -0.15) is 0 Å². The monoisotopic (exact) mass is 490 g/mol. The maximum absolute atomic E-state index is 13.9. The summed E-state index contributed by atoms with van der Waals surface area (Å²) < 4.78 is 13.9. The third-order valence-corrected chi connectivity index (χ3v) is 7.12. The van der Waals surface area contributed by atoms with Crippen LogP contribution >= 0.6 is 0 Å². The molecule has 180 valence electrons. The Morgan fingerprint density at radius 3 is 1.79 bits per heavy atom. The van der Waals surface area contributed by atoms with Crippen LogP contribution in [-0.2, 0) is 0 Å². The number of halogens is 1. The largest absolute Gasteiger partial charge is 0.294 e. The summed E-state index contributed by atoms with van der Waals surface area (Å²) in [4.78, 5) is 6.64. The van der Waals surface area contributed by atoms with E-state index in [0.29, 0.717) is 5.82 Å². The molecule has 7 aromatic rings. The summed E-state index contributed by atoms with van der Waals surface area (Å²) in [7, 11) is 0. The van der Waals surface area contributed by atoms with Gasteiger partial charge < -0.3 is 0 Å². The standard InChI is InChI=1S/C35H23FN2/c36-27-20-21-33(37-23-27)38(28-12-2-1-3-13-28)35-31-16-8-6-14-29(31)34(30-15-7-9-17-32(30)35)26-19-18-24-10-4-5-11-25(24)22-26/h1-23H. The van der Waals surface area contributed by atoms with E-state index in [1.807, 2.05) is 18.2 Å². The molecule has 2 nitrogen and oxygen atoms in total. The Balaban J connectivity index is 1.60. The van der Waals surface area contributed by atoms with Gasteiger partial charge in [0.2, 0.25) is 0 Å². The van der Waals surface area contributed by atoms with Gasteiger partial charge in [0.15, 0.2) is 0 Å². The highest BCUT2D eigenvalue weighted by molar-refractivity contribution is 6.22. The normalized spacial score (nSPS) is 11.3. The van der Waals surface area contributed by atoms with E-state index in [0.717, 1.165) is 32.9 Å². The fraction of sp³-hybridized carbons (Fsp3) is 0. The first-order chi connectivity index (χ1) is 18.8. The number of hydrogen-bond donors (Lipinski definition) is 0. The van der Waals surface area contributed by atoms with E-state index in [1.165, 1.54) is 34.2 Å². The van der Waals surface area contributed by atoms with Gasteiger partial charge in [0.1, 0.15) is 11.6 Å². The van der Waals surface area contributed by atoms with E-state index in [-0.39, 0.29) is 5.82 Å². The number of rotatable bonds is 4. The van der Waals surface area contributed by atoms with Gasteiger partial charge in [0, 0.05) is 16.5 Å². The third kappa shape index (κ3) is 3.68. The van der Waals surface area contributed by atoms with Crippen molar-refractivity contribution in [3.8, 4) is 11.1 Å². The minimum absolute atomic E-state index is 0.358. The second-order valence-corrected chi connectivity index (χ2v) is 9.38. The Bertz CT molecular complexity index is 1870. The highest BCUT2D eigenvalue weighted by Crippen LogP contribution is 2.47. The van der Waals surface area contributed by atoms with E-state index in [1.54, 1.807) is 6.07 Å². The first kappa shape index (κ1) is 22.2. The molecule has 0 spiro atoms. The summed E-state index contributed by atoms with van der Waals surface area (Å²) in [5, 5.41) is 6.94. The fourth-order valence-corrected chi connectivity index (χ4v) is 5.46. The van der Waals surface area contributed by atoms with Crippen molar-refractivity contribution in [3.05, 3.63) is 145 Å². The molecule has 0 N–H and O–H groups in total. The summed E-state index contributed by atoms with van der Waals surface area (Å²) in [6, 6.07) is 45.6. The SMILES string of the molecule is Fc1ccc(N(c2ccccc2)c2c3ccccc3c(-c3ccc4ccccc4c3)c3ccccc23)nc1. The van der Waals surface area contributed by atoms with Gasteiger partial charge >= 0.3 is 0 Å². The predicted molar refractivity (Wildman–Crippen MR) is 157 cm³/mol. The Morgan fingerprint density at radius 2 is 1.13 bits per heavy atom. The molecule has 0 atom stereocenters. The molecular weight excluding hydrogens is 467 g/mol. The van der Waals surface area contributed by atoms with Gasteiger partial charge in [-0.3, -0.25) is 4.90 Å². The summed E-state index contributed by atoms with van der Waals surface area (Å²) in [5.41, 5.74) is 4.35. The number of hydrogen-bond acceptors (Lipinski definition) is 2. The lowest BCUT2D eigenvalue weighted by molar-refractivity contribution is 0.621. The van der Waals surface area contributed by atoms with E-state index < -0.39 is 0 Å². The van der Waals surface area contributed by atoms with Crippen LogP contribution in [0.4, 0.5) is 21.6 Å². The number of fused-ring (bicyclic) bond motifs is 3. The quantitative estimate of drug-likeness (QED) is 0.228. The Hall–Kier alpha value is -5.02. The molecule has 1 aromatic heterocycles. The van der Waals surface area contributed by atoms with Gasteiger partial charge in [-0.25, -0.2) is 9.37 Å². The van der Waals surface area contributed by atoms with E-state index in [9.17, 15) is 4.39 Å². The topological polar surface area (TPSA) is 16.1 Å². The van der Waals surface area contributed by atoms with Crippen molar-refractivity contribution >= 4 is 49.5 Å². The number of pyridine rings is 1. The summed E-state index contributed by atoms with van der Waals surface area (Å²) in [6.45, 7) is 0. The number of benzene rings is 6. The summed E-state index contributed by atoms with van der Waals surface area (Å²) >= 11 is 0. The maximum Gasteiger partial charge on any atom is 0.141 e. The van der Waals surface area contributed by atoms with Crippen molar-refractivity contribution in [2.24, 2.45) is 0 Å². The zero-order valence-electron chi connectivity index (χ0n) is 20.6. The highest BCUT2D eigenvalue weighted by atomic mass is 19.1. The van der Waals surface area contributed by atoms with Crippen LogP contribution in [0.15, 0.2) is 140 Å².